The SMILES string of the molecule is CCc1ccn2cc(-c3c(-c4ccccc4)noc3C)nc2c1. The summed E-state index contributed by atoms with van der Waals surface area (Å²) in [6.45, 7) is 4.07. The van der Waals surface area contributed by atoms with E-state index in [1.807, 2.05) is 47.9 Å². The predicted molar refractivity (Wildman–Crippen MR) is 90.2 cm³/mol. The summed E-state index contributed by atoms with van der Waals surface area (Å²) in [4.78, 5) is 4.77. The number of nitrogens with zero attached hydrogens (tertiary/aromatic N) is 3. The molecule has 4 aromatic rings. The molecule has 0 aliphatic carbocycles. The number of aryl methyl sites for hydroxylation is 2. The molecule has 23 heavy (non-hydrogen) atoms. The highest BCUT2D eigenvalue weighted by atomic mass is 16.5. The molecule has 0 atom stereocenters. The van der Waals surface area contributed by atoms with Gasteiger partial charge in [0.1, 0.15) is 17.1 Å². The Hall–Kier alpha value is -2.88. The third-order valence-corrected chi connectivity index (χ3v) is 4.10. The quantitative estimate of drug-likeness (QED) is 0.558. The minimum absolute atomic E-state index is 0.781. The summed E-state index contributed by atoms with van der Waals surface area (Å²) in [5.41, 5.74) is 5.93. The van der Waals surface area contributed by atoms with Gasteiger partial charge >= 0.3 is 0 Å². The van der Waals surface area contributed by atoms with E-state index in [2.05, 4.69) is 30.4 Å². The molecule has 0 aliphatic heterocycles. The molecule has 4 heteroatoms. The number of hydrogen-bond acceptors (Lipinski definition) is 3. The van der Waals surface area contributed by atoms with Crippen molar-refractivity contribution in [2.45, 2.75) is 20.3 Å². The van der Waals surface area contributed by atoms with Gasteiger partial charge in [-0.25, -0.2) is 4.98 Å². The molecule has 4 rings (SSSR count). The van der Waals surface area contributed by atoms with Gasteiger partial charge in [-0.05, 0) is 31.0 Å². The molecule has 0 saturated carbocycles. The lowest BCUT2D eigenvalue weighted by molar-refractivity contribution is 0.400. The van der Waals surface area contributed by atoms with Gasteiger partial charge in [0.25, 0.3) is 0 Å². The number of imidazole rings is 1. The molecule has 0 spiro atoms. The molecular formula is C19H17N3O. The first-order valence-corrected chi connectivity index (χ1v) is 7.76. The molecule has 0 saturated heterocycles. The lowest BCUT2D eigenvalue weighted by Crippen LogP contribution is -1.85. The van der Waals surface area contributed by atoms with Crippen molar-refractivity contribution < 1.29 is 4.52 Å². The fourth-order valence-corrected chi connectivity index (χ4v) is 2.83. The normalized spacial score (nSPS) is 11.2. The van der Waals surface area contributed by atoms with Gasteiger partial charge in [0.05, 0.1) is 11.3 Å². The minimum Gasteiger partial charge on any atom is -0.360 e. The maximum absolute atomic E-state index is 5.45. The summed E-state index contributed by atoms with van der Waals surface area (Å²) in [6.07, 6.45) is 5.08. The van der Waals surface area contributed by atoms with E-state index in [1.54, 1.807) is 0 Å². The highest BCUT2D eigenvalue weighted by Gasteiger charge is 2.19. The molecule has 0 radical (unpaired) electrons. The van der Waals surface area contributed by atoms with Gasteiger partial charge in [-0.2, -0.15) is 0 Å². The Balaban J connectivity index is 1.89. The lowest BCUT2D eigenvalue weighted by Gasteiger charge is -1.98. The fraction of sp³-hybridized carbons (Fsp3) is 0.158. The summed E-state index contributed by atoms with van der Waals surface area (Å²) >= 11 is 0. The van der Waals surface area contributed by atoms with Crippen molar-refractivity contribution in [1.29, 1.82) is 0 Å². The van der Waals surface area contributed by atoms with E-state index in [4.69, 9.17) is 9.51 Å². The molecule has 4 nitrogen and oxygen atoms in total. The van der Waals surface area contributed by atoms with Crippen molar-refractivity contribution in [3.05, 3.63) is 66.2 Å². The number of fused-ring (bicyclic) bond motifs is 1. The van der Waals surface area contributed by atoms with Crippen LogP contribution in [0.4, 0.5) is 0 Å². The van der Waals surface area contributed by atoms with Crippen LogP contribution in [0.25, 0.3) is 28.2 Å². The summed E-state index contributed by atoms with van der Waals surface area (Å²) < 4.78 is 7.48. The van der Waals surface area contributed by atoms with Crippen LogP contribution in [0.2, 0.25) is 0 Å². The van der Waals surface area contributed by atoms with Gasteiger partial charge in [-0.1, -0.05) is 42.4 Å². The number of pyridine rings is 1. The van der Waals surface area contributed by atoms with Crippen molar-refractivity contribution in [3.63, 3.8) is 0 Å². The largest absolute Gasteiger partial charge is 0.360 e. The van der Waals surface area contributed by atoms with E-state index in [0.717, 1.165) is 40.3 Å². The monoisotopic (exact) mass is 303 g/mol. The van der Waals surface area contributed by atoms with Crippen LogP contribution in [0.5, 0.6) is 0 Å². The minimum atomic E-state index is 0.781. The Morgan fingerprint density at radius 1 is 1.13 bits per heavy atom. The second-order valence-corrected chi connectivity index (χ2v) is 5.61. The highest BCUT2D eigenvalue weighted by Crippen LogP contribution is 2.33. The topological polar surface area (TPSA) is 43.3 Å². The van der Waals surface area contributed by atoms with Crippen LogP contribution in [0.15, 0.2) is 59.4 Å². The molecule has 1 aromatic carbocycles. The fourth-order valence-electron chi connectivity index (χ4n) is 2.83. The first kappa shape index (κ1) is 13.8. The molecule has 0 amide bonds. The van der Waals surface area contributed by atoms with E-state index >= 15 is 0 Å². The zero-order valence-electron chi connectivity index (χ0n) is 13.2. The van der Waals surface area contributed by atoms with Crippen LogP contribution in [0, 0.1) is 6.92 Å². The molecule has 114 valence electrons. The Bertz CT molecular complexity index is 967. The van der Waals surface area contributed by atoms with Gasteiger partial charge in [0.15, 0.2) is 0 Å². The molecule has 3 heterocycles. The summed E-state index contributed by atoms with van der Waals surface area (Å²) in [7, 11) is 0. The third-order valence-electron chi connectivity index (χ3n) is 4.10. The predicted octanol–water partition coefficient (Wildman–Crippen LogP) is 4.53. The van der Waals surface area contributed by atoms with Crippen molar-refractivity contribution in [2.24, 2.45) is 0 Å². The highest BCUT2D eigenvalue weighted by molar-refractivity contribution is 5.80. The summed E-state index contributed by atoms with van der Waals surface area (Å²) in [5, 5.41) is 4.24. The Morgan fingerprint density at radius 3 is 2.74 bits per heavy atom. The van der Waals surface area contributed by atoms with Gasteiger partial charge < -0.3 is 8.92 Å². The lowest BCUT2D eigenvalue weighted by atomic mass is 10.0. The van der Waals surface area contributed by atoms with Gasteiger partial charge in [-0.15, -0.1) is 0 Å². The van der Waals surface area contributed by atoms with Crippen LogP contribution >= 0.6 is 0 Å². The molecule has 3 aromatic heterocycles. The van der Waals surface area contributed by atoms with E-state index in [9.17, 15) is 0 Å². The van der Waals surface area contributed by atoms with Crippen molar-refractivity contribution in [3.8, 4) is 22.5 Å². The van der Waals surface area contributed by atoms with E-state index < -0.39 is 0 Å². The van der Waals surface area contributed by atoms with Crippen LogP contribution in [0.3, 0.4) is 0 Å². The van der Waals surface area contributed by atoms with E-state index in [-0.39, 0.29) is 0 Å². The number of rotatable bonds is 3. The molecule has 0 unspecified atom stereocenters. The van der Waals surface area contributed by atoms with Crippen LogP contribution in [-0.2, 0) is 6.42 Å². The average Bonchev–Trinajstić information content (AvgIpc) is 3.17. The summed E-state index contributed by atoms with van der Waals surface area (Å²) in [5.74, 6) is 0.781. The smallest absolute Gasteiger partial charge is 0.143 e. The van der Waals surface area contributed by atoms with E-state index in [1.165, 1.54) is 5.56 Å². The van der Waals surface area contributed by atoms with Crippen molar-refractivity contribution in [2.75, 3.05) is 0 Å². The first-order chi connectivity index (χ1) is 11.3. The Labute approximate surface area is 134 Å². The number of aromatic nitrogens is 3. The van der Waals surface area contributed by atoms with Crippen LogP contribution in [0.1, 0.15) is 18.2 Å². The second-order valence-electron chi connectivity index (χ2n) is 5.61. The van der Waals surface area contributed by atoms with Crippen molar-refractivity contribution in [1.82, 2.24) is 14.5 Å². The average molecular weight is 303 g/mol. The zero-order chi connectivity index (χ0) is 15.8. The van der Waals surface area contributed by atoms with Gasteiger partial charge in [0.2, 0.25) is 0 Å². The number of benzene rings is 1. The van der Waals surface area contributed by atoms with E-state index in [0.29, 0.717) is 0 Å². The maximum Gasteiger partial charge on any atom is 0.143 e. The number of hydrogen-bond donors (Lipinski definition) is 0. The van der Waals surface area contributed by atoms with Gasteiger partial charge in [-0.3, -0.25) is 0 Å². The molecule has 0 fully saturated rings. The first-order valence-electron chi connectivity index (χ1n) is 7.76. The molecule has 0 aliphatic rings. The van der Waals surface area contributed by atoms with Crippen LogP contribution < -0.4 is 0 Å². The standard InChI is InChI=1S/C19H17N3O/c1-3-14-9-10-22-12-16(20-17(22)11-14)18-13(2)23-21-19(18)15-7-5-4-6-8-15/h4-12H,3H2,1-2H3. The Kier molecular flexibility index (Phi) is 3.23. The molecule has 0 bridgehead atoms. The second kappa shape index (κ2) is 5.39. The zero-order valence-corrected chi connectivity index (χ0v) is 13.2. The summed E-state index contributed by atoms with van der Waals surface area (Å²) in [6, 6.07) is 14.3. The third kappa shape index (κ3) is 2.32. The van der Waals surface area contributed by atoms with Crippen molar-refractivity contribution >= 4 is 5.65 Å². The van der Waals surface area contributed by atoms with Gasteiger partial charge in [0, 0.05) is 18.0 Å². The Morgan fingerprint density at radius 2 is 1.96 bits per heavy atom. The maximum atomic E-state index is 5.45. The molecular weight excluding hydrogens is 286 g/mol. The molecule has 0 N–H and O–H groups in total. The van der Waals surface area contributed by atoms with Crippen LogP contribution in [-0.4, -0.2) is 14.5 Å².